The lowest BCUT2D eigenvalue weighted by Crippen LogP contribution is -2.20. The van der Waals surface area contributed by atoms with E-state index in [0.717, 1.165) is 29.9 Å². The Morgan fingerprint density at radius 1 is 0.870 bits per heavy atom. The van der Waals surface area contributed by atoms with Crippen molar-refractivity contribution in [1.82, 2.24) is 9.97 Å². The zero-order valence-electron chi connectivity index (χ0n) is 12.6. The molecule has 23 heavy (non-hydrogen) atoms. The summed E-state index contributed by atoms with van der Waals surface area (Å²) in [6.07, 6.45) is 2.35. The van der Waals surface area contributed by atoms with Gasteiger partial charge < -0.3 is 9.64 Å². The maximum absolute atomic E-state index is 6.01. The third-order valence-corrected chi connectivity index (χ3v) is 4.21. The predicted molar refractivity (Wildman–Crippen MR) is 92.5 cm³/mol. The average Bonchev–Trinajstić information content (AvgIpc) is 3.11. The summed E-state index contributed by atoms with van der Waals surface area (Å²) >= 11 is 5.94. The van der Waals surface area contributed by atoms with Crippen molar-refractivity contribution in [2.45, 2.75) is 12.8 Å². The Bertz CT molecular complexity index is 829. The van der Waals surface area contributed by atoms with Gasteiger partial charge in [0.15, 0.2) is 5.82 Å². The first-order valence-corrected chi connectivity index (χ1v) is 8.12. The number of fused-ring (bicyclic) bond motifs is 1. The van der Waals surface area contributed by atoms with Crippen LogP contribution in [0.25, 0.3) is 11.0 Å². The molecule has 1 fully saturated rings. The smallest absolute Gasteiger partial charge is 0.263 e. The summed E-state index contributed by atoms with van der Waals surface area (Å²) in [7, 11) is 0. The summed E-state index contributed by atoms with van der Waals surface area (Å²) in [6.45, 7) is 1.98. The maximum atomic E-state index is 6.01. The topological polar surface area (TPSA) is 38.3 Å². The van der Waals surface area contributed by atoms with Crippen molar-refractivity contribution < 1.29 is 4.74 Å². The summed E-state index contributed by atoms with van der Waals surface area (Å²) in [6, 6.07) is 15.2. The molecule has 0 atom stereocenters. The summed E-state index contributed by atoms with van der Waals surface area (Å²) in [5, 5.41) is 0.682. The lowest BCUT2D eigenvalue weighted by atomic mass is 10.3. The fourth-order valence-corrected chi connectivity index (χ4v) is 2.92. The highest BCUT2D eigenvalue weighted by Gasteiger charge is 2.20. The van der Waals surface area contributed by atoms with Crippen LogP contribution in [0.4, 0.5) is 5.82 Å². The number of hydrogen-bond donors (Lipinski definition) is 0. The van der Waals surface area contributed by atoms with Gasteiger partial charge in [-0.3, -0.25) is 0 Å². The number of rotatable bonds is 3. The molecular formula is C18H16ClN3O. The molecule has 0 N–H and O–H groups in total. The van der Waals surface area contributed by atoms with Crippen LogP contribution in [0.5, 0.6) is 11.6 Å². The lowest BCUT2D eigenvalue weighted by molar-refractivity contribution is 0.462. The molecule has 1 aliphatic heterocycles. The van der Waals surface area contributed by atoms with Gasteiger partial charge in [0.05, 0.1) is 11.0 Å². The Balaban J connectivity index is 1.78. The molecule has 0 unspecified atom stereocenters. The van der Waals surface area contributed by atoms with Crippen LogP contribution in [-0.2, 0) is 0 Å². The van der Waals surface area contributed by atoms with Crippen LogP contribution >= 0.6 is 11.6 Å². The molecule has 2 aromatic carbocycles. The summed E-state index contributed by atoms with van der Waals surface area (Å²) in [5.74, 6) is 2.07. The molecule has 0 spiro atoms. The molecular weight excluding hydrogens is 310 g/mol. The van der Waals surface area contributed by atoms with Gasteiger partial charge in [0, 0.05) is 18.1 Å². The van der Waals surface area contributed by atoms with Gasteiger partial charge in [0.2, 0.25) is 0 Å². The summed E-state index contributed by atoms with van der Waals surface area (Å²) in [5.41, 5.74) is 1.72. The van der Waals surface area contributed by atoms with Crippen molar-refractivity contribution in [3.05, 3.63) is 53.6 Å². The molecule has 4 nitrogen and oxygen atoms in total. The number of ether oxygens (including phenoxy) is 1. The standard InChI is InChI=1S/C18H16ClN3O/c19-13-7-9-14(10-8-13)23-18-17(22-11-3-4-12-22)20-15-5-1-2-6-16(15)21-18/h1-2,5-10H,3-4,11-12H2. The van der Waals surface area contributed by atoms with E-state index in [4.69, 9.17) is 21.3 Å². The van der Waals surface area contributed by atoms with Crippen LogP contribution < -0.4 is 9.64 Å². The minimum Gasteiger partial charge on any atom is -0.436 e. The minimum atomic E-state index is 0.549. The summed E-state index contributed by atoms with van der Waals surface area (Å²) in [4.78, 5) is 11.7. The molecule has 0 saturated carbocycles. The molecule has 0 bridgehead atoms. The van der Waals surface area contributed by atoms with Gasteiger partial charge in [-0.15, -0.1) is 0 Å². The van der Waals surface area contributed by atoms with Gasteiger partial charge in [-0.2, -0.15) is 0 Å². The van der Waals surface area contributed by atoms with E-state index in [1.807, 2.05) is 36.4 Å². The molecule has 0 amide bonds. The zero-order valence-corrected chi connectivity index (χ0v) is 13.3. The first-order valence-electron chi connectivity index (χ1n) is 7.75. The predicted octanol–water partition coefficient (Wildman–Crippen LogP) is 4.68. The Kier molecular flexibility index (Phi) is 3.75. The lowest BCUT2D eigenvalue weighted by Gasteiger charge is -2.19. The van der Waals surface area contributed by atoms with E-state index >= 15 is 0 Å². The van der Waals surface area contributed by atoms with Crippen LogP contribution in [0, 0.1) is 0 Å². The van der Waals surface area contributed by atoms with Gasteiger partial charge in [-0.05, 0) is 49.2 Å². The first kappa shape index (κ1) is 14.3. The molecule has 5 heteroatoms. The fraction of sp³-hybridized carbons (Fsp3) is 0.222. The number of nitrogens with zero attached hydrogens (tertiary/aromatic N) is 3. The Morgan fingerprint density at radius 2 is 1.52 bits per heavy atom. The number of para-hydroxylation sites is 2. The fourth-order valence-electron chi connectivity index (χ4n) is 2.79. The van der Waals surface area contributed by atoms with Crippen molar-refractivity contribution in [3.63, 3.8) is 0 Å². The zero-order chi connectivity index (χ0) is 15.6. The van der Waals surface area contributed by atoms with E-state index in [0.29, 0.717) is 16.7 Å². The molecule has 116 valence electrons. The SMILES string of the molecule is Clc1ccc(Oc2nc3ccccc3nc2N2CCCC2)cc1. The molecule has 1 saturated heterocycles. The van der Waals surface area contributed by atoms with E-state index in [-0.39, 0.29) is 0 Å². The Morgan fingerprint density at radius 3 is 2.22 bits per heavy atom. The second kappa shape index (κ2) is 6.05. The second-order valence-corrected chi connectivity index (χ2v) is 6.03. The molecule has 4 rings (SSSR count). The van der Waals surface area contributed by atoms with Gasteiger partial charge in [0.1, 0.15) is 5.75 Å². The van der Waals surface area contributed by atoms with Crippen molar-refractivity contribution >= 4 is 28.5 Å². The van der Waals surface area contributed by atoms with Crippen molar-refractivity contribution in [2.75, 3.05) is 18.0 Å². The minimum absolute atomic E-state index is 0.549. The van der Waals surface area contributed by atoms with E-state index in [9.17, 15) is 0 Å². The third kappa shape index (κ3) is 2.94. The van der Waals surface area contributed by atoms with Gasteiger partial charge in [-0.1, -0.05) is 23.7 Å². The highest BCUT2D eigenvalue weighted by Crippen LogP contribution is 2.33. The molecule has 0 radical (unpaired) electrons. The number of aromatic nitrogens is 2. The van der Waals surface area contributed by atoms with Crippen LogP contribution in [-0.4, -0.2) is 23.1 Å². The number of benzene rings is 2. The normalized spacial score (nSPS) is 14.4. The van der Waals surface area contributed by atoms with E-state index < -0.39 is 0 Å². The quantitative estimate of drug-likeness (QED) is 0.701. The van der Waals surface area contributed by atoms with Crippen LogP contribution in [0.15, 0.2) is 48.5 Å². The first-order chi connectivity index (χ1) is 11.3. The highest BCUT2D eigenvalue weighted by atomic mass is 35.5. The van der Waals surface area contributed by atoms with Crippen molar-refractivity contribution in [1.29, 1.82) is 0 Å². The molecule has 0 aliphatic carbocycles. The van der Waals surface area contributed by atoms with Gasteiger partial charge in [-0.25, -0.2) is 9.97 Å². The Labute approximate surface area is 139 Å². The van der Waals surface area contributed by atoms with Gasteiger partial charge in [0.25, 0.3) is 5.88 Å². The van der Waals surface area contributed by atoms with Crippen LogP contribution in [0.1, 0.15) is 12.8 Å². The molecule has 3 aromatic rings. The maximum Gasteiger partial charge on any atom is 0.263 e. The number of hydrogen-bond acceptors (Lipinski definition) is 4. The van der Waals surface area contributed by atoms with Gasteiger partial charge >= 0.3 is 0 Å². The van der Waals surface area contributed by atoms with Crippen LogP contribution in [0.3, 0.4) is 0 Å². The van der Waals surface area contributed by atoms with E-state index in [1.165, 1.54) is 12.8 Å². The second-order valence-electron chi connectivity index (χ2n) is 5.59. The van der Waals surface area contributed by atoms with E-state index in [2.05, 4.69) is 9.88 Å². The van der Waals surface area contributed by atoms with E-state index in [1.54, 1.807) is 12.1 Å². The summed E-state index contributed by atoms with van der Waals surface area (Å²) < 4.78 is 6.01. The number of anilines is 1. The highest BCUT2D eigenvalue weighted by molar-refractivity contribution is 6.30. The van der Waals surface area contributed by atoms with Crippen molar-refractivity contribution in [2.24, 2.45) is 0 Å². The average molecular weight is 326 g/mol. The molecule has 2 heterocycles. The molecule has 1 aliphatic rings. The van der Waals surface area contributed by atoms with Crippen LogP contribution in [0.2, 0.25) is 5.02 Å². The van der Waals surface area contributed by atoms with Crippen molar-refractivity contribution in [3.8, 4) is 11.6 Å². The third-order valence-electron chi connectivity index (χ3n) is 3.96. The largest absolute Gasteiger partial charge is 0.436 e. The molecule has 1 aromatic heterocycles. The number of halogens is 1. The monoisotopic (exact) mass is 325 g/mol. The Hall–Kier alpha value is -2.33.